The molecule has 0 aliphatic carbocycles. The number of nitrogens with two attached hydrogens (primary N) is 1. The largest absolute Gasteiger partial charge is 0.493 e. The summed E-state index contributed by atoms with van der Waals surface area (Å²) in [7, 11) is 2.09. The molecule has 1 aliphatic rings. The van der Waals surface area contributed by atoms with Gasteiger partial charge in [0.2, 0.25) is 5.95 Å². The van der Waals surface area contributed by atoms with Gasteiger partial charge in [-0.05, 0) is 54.6 Å². The molecule has 1 saturated heterocycles. The van der Waals surface area contributed by atoms with Crippen LogP contribution in [0, 0.1) is 0 Å². The molecule has 0 bridgehead atoms. The van der Waals surface area contributed by atoms with E-state index < -0.39 is 11.7 Å². The van der Waals surface area contributed by atoms with E-state index in [4.69, 9.17) is 10.5 Å². The van der Waals surface area contributed by atoms with Crippen LogP contribution in [-0.2, 0) is 19.1 Å². The Bertz CT molecular complexity index is 1540. The molecule has 1 fully saturated rings. The van der Waals surface area contributed by atoms with Crippen molar-refractivity contribution < 1.29 is 22.7 Å². The third-order valence-corrected chi connectivity index (χ3v) is 7.02. The average molecular weight is 565 g/mol. The van der Waals surface area contributed by atoms with E-state index in [2.05, 4.69) is 32.1 Å². The number of rotatable bonds is 8. The number of alkyl halides is 3. The topological polar surface area (TPSA) is 96.6 Å². The number of halogens is 3. The summed E-state index contributed by atoms with van der Waals surface area (Å²) in [6.45, 7) is 3.99. The molecule has 1 aliphatic heterocycles. The van der Waals surface area contributed by atoms with Crippen LogP contribution in [0.5, 0.6) is 5.75 Å². The molecular formula is C30H31F3N6O2. The molecule has 5 rings (SSSR count). The number of piperazine rings is 1. The van der Waals surface area contributed by atoms with Crippen LogP contribution in [0.1, 0.15) is 27.0 Å². The number of fused-ring (bicyclic) bond motifs is 1. The van der Waals surface area contributed by atoms with E-state index in [0.29, 0.717) is 28.8 Å². The Morgan fingerprint density at radius 2 is 1.73 bits per heavy atom. The summed E-state index contributed by atoms with van der Waals surface area (Å²) in [5, 5.41) is 3.76. The van der Waals surface area contributed by atoms with Crippen LogP contribution in [0.2, 0.25) is 0 Å². The third kappa shape index (κ3) is 7.04. The second kappa shape index (κ2) is 12.0. The number of likely N-dealkylation sites (N-methyl/N-ethyl adjacent to an activating group) is 1. The van der Waals surface area contributed by atoms with Crippen molar-refractivity contribution in [3.8, 4) is 5.75 Å². The molecule has 1 aromatic heterocycles. The maximum absolute atomic E-state index is 13.0. The fraction of sp³-hybridized carbons (Fsp3) is 0.300. The molecule has 0 radical (unpaired) electrons. The Balaban J connectivity index is 1.19. The highest BCUT2D eigenvalue weighted by Crippen LogP contribution is 2.30. The van der Waals surface area contributed by atoms with Crippen molar-refractivity contribution in [1.29, 1.82) is 0 Å². The van der Waals surface area contributed by atoms with E-state index in [1.807, 2.05) is 12.1 Å². The van der Waals surface area contributed by atoms with Gasteiger partial charge in [-0.3, -0.25) is 4.79 Å². The number of nitrogens with zero attached hydrogens (tertiary/aromatic N) is 4. The number of aromatic nitrogens is 2. The predicted molar refractivity (Wildman–Crippen MR) is 152 cm³/mol. The summed E-state index contributed by atoms with van der Waals surface area (Å²) in [6, 6.07) is 17.8. The minimum Gasteiger partial charge on any atom is -0.493 e. The van der Waals surface area contributed by atoms with E-state index in [9.17, 15) is 18.0 Å². The summed E-state index contributed by atoms with van der Waals surface area (Å²) >= 11 is 0. The Hall–Kier alpha value is -4.38. The van der Waals surface area contributed by atoms with Crippen LogP contribution in [-0.4, -0.2) is 60.6 Å². The molecule has 11 heteroatoms. The van der Waals surface area contributed by atoms with E-state index in [1.54, 1.807) is 36.4 Å². The first-order valence-electron chi connectivity index (χ1n) is 13.3. The second-order valence-electron chi connectivity index (χ2n) is 10.1. The van der Waals surface area contributed by atoms with Gasteiger partial charge < -0.3 is 25.6 Å². The van der Waals surface area contributed by atoms with Gasteiger partial charge in [-0.15, -0.1) is 0 Å². The molecule has 0 atom stereocenters. The maximum atomic E-state index is 13.0. The number of ether oxygens (including phenoxy) is 1. The molecule has 1 amide bonds. The second-order valence-corrected chi connectivity index (χ2v) is 10.1. The first kappa shape index (κ1) is 28.2. The SMILES string of the molecule is CN1CCN(c2nc(N)nc3cc(C(=O)NCc4cccc(OCCc5cccc(C(F)(F)F)c5)c4)ccc23)CC1. The highest BCUT2D eigenvalue weighted by Gasteiger charge is 2.30. The van der Waals surface area contributed by atoms with Crippen molar-refractivity contribution in [3.63, 3.8) is 0 Å². The van der Waals surface area contributed by atoms with Gasteiger partial charge in [0.05, 0.1) is 17.7 Å². The summed E-state index contributed by atoms with van der Waals surface area (Å²) in [5.41, 5.74) is 7.75. The summed E-state index contributed by atoms with van der Waals surface area (Å²) in [6.07, 6.45) is -4.05. The zero-order chi connectivity index (χ0) is 29.0. The van der Waals surface area contributed by atoms with Gasteiger partial charge in [0.15, 0.2) is 0 Å². The molecule has 8 nitrogen and oxygen atoms in total. The number of nitrogens with one attached hydrogen (secondary N) is 1. The zero-order valence-electron chi connectivity index (χ0n) is 22.6. The van der Waals surface area contributed by atoms with Crippen LogP contribution in [0.25, 0.3) is 10.9 Å². The van der Waals surface area contributed by atoms with Crippen LogP contribution >= 0.6 is 0 Å². The lowest BCUT2D eigenvalue weighted by atomic mass is 10.1. The van der Waals surface area contributed by atoms with Gasteiger partial charge in [0, 0.05) is 50.1 Å². The molecule has 41 heavy (non-hydrogen) atoms. The molecule has 0 spiro atoms. The molecule has 0 saturated carbocycles. The Labute approximate surface area is 235 Å². The Morgan fingerprint density at radius 1 is 0.976 bits per heavy atom. The lowest BCUT2D eigenvalue weighted by Gasteiger charge is -2.33. The van der Waals surface area contributed by atoms with Gasteiger partial charge in [0.1, 0.15) is 11.6 Å². The monoisotopic (exact) mass is 564 g/mol. The number of hydrogen-bond donors (Lipinski definition) is 2. The number of nitrogen functional groups attached to an aromatic ring is 1. The van der Waals surface area contributed by atoms with E-state index >= 15 is 0 Å². The Morgan fingerprint density at radius 3 is 2.51 bits per heavy atom. The van der Waals surface area contributed by atoms with E-state index in [1.165, 1.54) is 6.07 Å². The number of benzene rings is 3. The molecule has 0 unspecified atom stereocenters. The molecule has 214 valence electrons. The average Bonchev–Trinajstić information content (AvgIpc) is 2.95. The van der Waals surface area contributed by atoms with Crippen molar-refractivity contribution >= 4 is 28.6 Å². The molecular weight excluding hydrogens is 533 g/mol. The fourth-order valence-electron chi connectivity index (χ4n) is 4.75. The molecule has 3 N–H and O–H groups in total. The van der Waals surface area contributed by atoms with Gasteiger partial charge >= 0.3 is 6.18 Å². The fourth-order valence-corrected chi connectivity index (χ4v) is 4.75. The van der Waals surface area contributed by atoms with E-state index in [-0.39, 0.29) is 25.0 Å². The van der Waals surface area contributed by atoms with Crippen molar-refractivity contribution in [3.05, 3.63) is 89.0 Å². The number of hydrogen-bond acceptors (Lipinski definition) is 7. The number of carbonyl (C=O) groups excluding carboxylic acids is 1. The molecule has 3 aromatic carbocycles. The molecule has 2 heterocycles. The van der Waals surface area contributed by atoms with Gasteiger partial charge in [-0.25, -0.2) is 4.98 Å². The number of anilines is 2. The van der Waals surface area contributed by atoms with Gasteiger partial charge in [-0.1, -0.05) is 30.3 Å². The predicted octanol–water partition coefficient (Wildman–Crippen LogP) is 4.53. The van der Waals surface area contributed by atoms with E-state index in [0.717, 1.165) is 55.1 Å². The first-order chi connectivity index (χ1) is 19.7. The summed E-state index contributed by atoms with van der Waals surface area (Å²) in [5.74, 6) is 1.24. The molecule has 4 aromatic rings. The lowest BCUT2D eigenvalue weighted by Crippen LogP contribution is -2.45. The highest BCUT2D eigenvalue weighted by atomic mass is 19.4. The third-order valence-electron chi connectivity index (χ3n) is 7.02. The minimum absolute atomic E-state index is 0.161. The number of amides is 1. The first-order valence-corrected chi connectivity index (χ1v) is 13.3. The van der Waals surface area contributed by atoms with Crippen molar-refractivity contribution in [2.45, 2.75) is 19.1 Å². The van der Waals surface area contributed by atoms with Crippen LogP contribution in [0.3, 0.4) is 0 Å². The number of carbonyl (C=O) groups is 1. The van der Waals surface area contributed by atoms with Crippen LogP contribution < -0.4 is 20.7 Å². The highest BCUT2D eigenvalue weighted by molar-refractivity contribution is 6.00. The van der Waals surface area contributed by atoms with Gasteiger partial charge in [-0.2, -0.15) is 18.2 Å². The zero-order valence-corrected chi connectivity index (χ0v) is 22.6. The van der Waals surface area contributed by atoms with Crippen molar-refractivity contribution in [2.75, 3.05) is 50.5 Å². The lowest BCUT2D eigenvalue weighted by molar-refractivity contribution is -0.137. The van der Waals surface area contributed by atoms with Crippen molar-refractivity contribution in [2.24, 2.45) is 0 Å². The normalized spacial score (nSPS) is 14.3. The van der Waals surface area contributed by atoms with Crippen LogP contribution in [0.15, 0.2) is 66.7 Å². The minimum atomic E-state index is -4.38. The van der Waals surface area contributed by atoms with Gasteiger partial charge in [0.25, 0.3) is 5.91 Å². The maximum Gasteiger partial charge on any atom is 0.416 e. The van der Waals surface area contributed by atoms with Crippen molar-refractivity contribution in [1.82, 2.24) is 20.2 Å². The summed E-state index contributed by atoms with van der Waals surface area (Å²) in [4.78, 5) is 26.3. The quantitative estimate of drug-likeness (QED) is 0.325. The Kier molecular flexibility index (Phi) is 8.25. The standard InChI is InChI=1S/C30H31F3N6O2/c1-38-11-13-39(14-12-38)27-25-9-8-22(18-26(25)36-29(34)37-27)28(40)35-19-21-5-3-7-24(17-21)41-15-10-20-4-2-6-23(16-20)30(31,32)33/h2-9,16-18H,10-15,19H2,1H3,(H,35,40)(H2,34,36,37). The van der Waals surface area contributed by atoms with Crippen LogP contribution in [0.4, 0.5) is 24.9 Å². The summed E-state index contributed by atoms with van der Waals surface area (Å²) < 4.78 is 44.6. The smallest absolute Gasteiger partial charge is 0.416 e.